The molecular weight excluding hydrogens is 348 g/mol. The van der Waals surface area contributed by atoms with Crippen molar-refractivity contribution in [1.82, 2.24) is 20.3 Å². The first-order valence-electron chi connectivity index (χ1n) is 8.11. The molecule has 2 heterocycles. The van der Waals surface area contributed by atoms with Gasteiger partial charge < -0.3 is 8.94 Å². The van der Waals surface area contributed by atoms with Crippen molar-refractivity contribution in [2.24, 2.45) is 0 Å². The van der Waals surface area contributed by atoms with Crippen LogP contribution >= 0.6 is 11.8 Å². The van der Waals surface area contributed by atoms with E-state index in [2.05, 4.69) is 20.3 Å². The minimum absolute atomic E-state index is 0.466. The van der Waals surface area contributed by atoms with Crippen LogP contribution in [0.4, 0.5) is 0 Å². The summed E-state index contributed by atoms with van der Waals surface area (Å²) in [6, 6.07) is 15.9. The summed E-state index contributed by atoms with van der Waals surface area (Å²) in [5, 5.41) is 12.7. The van der Waals surface area contributed by atoms with Crippen molar-refractivity contribution in [2.75, 3.05) is 0 Å². The van der Waals surface area contributed by atoms with Gasteiger partial charge >= 0.3 is 0 Å². The lowest BCUT2D eigenvalue weighted by atomic mass is 10.1. The van der Waals surface area contributed by atoms with Crippen LogP contribution in [0, 0.1) is 13.8 Å². The predicted octanol–water partition coefficient (Wildman–Crippen LogP) is 4.70. The van der Waals surface area contributed by atoms with Gasteiger partial charge in [-0.25, -0.2) is 0 Å². The topological polar surface area (TPSA) is 77.8 Å². The van der Waals surface area contributed by atoms with Gasteiger partial charge in [-0.1, -0.05) is 58.9 Å². The zero-order valence-corrected chi connectivity index (χ0v) is 15.2. The average Bonchev–Trinajstić information content (AvgIpc) is 3.30. The van der Waals surface area contributed by atoms with E-state index in [-0.39, 0.29) is 0 Å². The molecule has 0 N–H and O–H groups in total. The fraction of sp³-hybridized carbons (Fsp3) is 0.158. The maximum atomic E-state index is 5.73. The Balaban J connectivity index is 1.45. The number of nitrogens with zero attached hydrogens (tertiary/aromatic N) is 4. The van der Waals surface area contributed by atoms with Crippen molar-refractivity contribution in [3.63, 3.8) is 0 Å². The molecule has 0 unspecified atom stereocenters. The maximum Gasteiger partial charge on any atom is 0.277 e. The van der Waals surface area contributed by atoms with Crippen LogP contribution in [0.3, 0.4) is 0 Å². The van der Waals surface area contributed by atoms with Crippen LogP contribution in [-0.2, 0) is 5.75 Å². The molecule has 0 spiro atoms. The highest BCUT2D eigenvalue weighted by Gasteiger charge is 2.14. The molecule has 4 aromatic rings. The van der Waals surface area contributed by atoms with Gasteiger partial charge in [-0.05, 0) is 31.5 Å². The van der Waals surface area contributed by atoms with Crippen LogP contribution in [0.2, 0.25) is 0 Å². The second kappa shape index (κ2) is 7.13. The summed E-state index contributed by atoms with van der Waals surface area (Å²) in [4.78, 5) is 4.43. The molecule has 7 heteroatoms. The molecule has 0 saturated heterocycles. The van der Waals surface area contributed by atoms with Gasteiger partial charge in [0.1, 0.15) is 0 Å². The second-order valence-corrected chi connectivity index (χ2v) is 6.78. The summed E-state index contributed by atoms with van der Waals surface area (Å²) in [6.45, 7) is 4.04. The van der Waals surface area contributed by atoms with E-state index in [1.807, 2.05) is 62.4 Å². The molecular formula is C19H16N4O2S. The molecule has 130 valence electrons. The molecule has 4 rings (SSSR count). The number of aromatic nitrogens is 4. The van der Waals surface area contributed by atoms with Crippen LogP contribution in [0.5, 0.6) is 0 Å². The molecule has 2 aromatic heterocycles. The number of hydrogen-bond donors (Lipinski definition) is 0. The molecule has 26 heavy (non-hydrogen) atoms. The van der Waals surface area contributed by atoms with E-state index in [0.717, 1.165) is 22.3 Å². The number of rotatable bonds is 5. The van der Waals surface area contributed by atoms with Gasteiger partial charge in [0.25, 0.3) is 5.22 Å². The SMILES string of the molecule is Cc1cccc(-c2noc(CSc3nnc(-c4ccccc4C)o3)n2)c1. The Labute approximate surface area is 154 Å². The lowest BCUT2D eigenvalue weighted by Crippen LogP contribution is -1.84. The van der Waals surface area contributed by atoms with E-state index in [1.165, 1.54) is 11.8 Å². The van der Waals surface area contributed by atoms with E-state index in [9.17, 15) is 0 Å². The molecule has 0 bridgehead atoms. The van der Waals surface area contributed by atoms with E-state index in [0.29, 0.717) is 28.6 Å². The smallest absolute Gasteiger partial charge is 0.277 e. The number of hydrogen-bond acceptors (Lipinski definition) is 7. The monoisotopic (exact) mass is 364 g/mol. The molecule has 2 aromatic carbocycles. The molecule has 0 amide bonds. The van der Waals surface area contributed by atoms with Gasteiger partial charge in [-0.3, -0.25) is 0 Å². The highest BCUT2D eigenvalue weighted by molar-refractivity contribution is 7.98. The van der Waals surface area contributed by atoms with Crippen LogP contribution in [-0.4, -0.2) is 20.3 Å². The quantitative estimate of drug-likeness (QED) is 0.475. The zero-order valence-electron chi connectivity index (χ0n) is 14.3. The zero-order chi connectivity index (χ0) is 17.9. The summed E-state index contributed by atoms with van der Waals surface area (Å²) < 4.78 is 11.0. The van der Waals surface area contributed by atoms with E-state index in [1.54, 1.807) is 0 Å². The number of thioether (sulfide) groups is 1. The molecule has 0 aliphatic carbocycles. The summed E-state index contributed by atoms with van der Waals surface area (Å²) in [7, 11) is 0. The van der Waals surface area contributed by atoms with Crippen molar-refractivity contribution in [2.45, 2.75) is 24.8 Å². The standard InChI is InChI=1S/C19H16N4O2S/c1-12-6-5-8-14(10-12)17-20-16(25-23-17)11-26-19-22-21-18(24-19)15-9-4-3-7-13(15)2/h3-10H,11H2,1-2H3. The Morgan fingerprint density at radius 1 is 1.00 bits per heavy atom. The maximum absolute atomic E-state index is 5.73. The van der Waals surface area contributed by atoms with Gasteiger partial charge in [-0.2, -0.15) is 4.98 Å². The molecule has 0 aliphatic rings. The summed E-state index contributed by atoms with van der Waals surface area (Å²) in [6.07, 6.45) is 0. The van der Waals surface area contributed by atoms with Gasteiger partial charge in [-0.15, -0.1) is 10.2 Å². The fourth-order valence-corrected chi connectivity index (χ4v) is 3.13. The van der Waals surface area contributed by atoms with Crippen molar-refractivity contribution >= 4 is 11.8 Å². The fourth-order valence-electron chi connectivity index (χ4n) is 2.53. The Bertz CT molecular complexity index is 1040. The van der Waals surface area contributed by atoms with Crippen molar-refractivity contribution in [1.29, 1.82) is 0 Å². The van der Waals surface area contributed by atoms with Crippen LogP contribution < -0.4 is 0 Å². The van der Waals surface area contributed by atoms with Crippen molar-refractivity contribution in [3.8, 4) is 22.8 Å². The Kier molecular flexibility index (Phi) is 4.53. The molecule has 0 fully saturated rings. The lowest BCUT2D eigenvalue weighted by Gasteiger charge is -1.98. The van der Waals surface area contributed by atoms with E-state index < -0.39 is 0 Å². The van der Waals surface area contributed by atoms with E-state index in [4.69, 9.17) is 8.94 Å². The van der Waals surface area contributed by atoms with Crippen LogP contribution in [0.25, 0.3) is 22.8 Å². The molecule has 0 saturated carbocycles. The molecule has 6 nitrogen and oxygen atoms in total. The highest BCUT2D eigenvalue weighted by atomic mass is 32.2. The third-order valence-electron chi connectivity index (χ3n) is 3.85. The Hall–Kier alpha value is -2.93. The van der Waals surface area contributed by atoms with Crippen LogP contribution in [0.1, 0.15) is 17.0 Å². The summed E-state index contributed by atoms with van der Waals surface area (Å²) >= 11 is 1.37. The normalized spacial score (nSPS) is 11.0. The first-order chi connectivity index (χ1) is 12.7. The third-order valence-corrected chi connectivity index (χ3v) is 4.65. The minimum Gasteiger partial charge on any atom is -0.411 e. The van der Waals surface area contributed by atoms with Gasteiger partial charge in [0, 0.05) is 11.1 Å². The average molecular weight is 364 g/mol. The summed E-state index contributed by atoms with van der Waals surface area (Å²) in [5.41, 5.74) is 4.11. The van der Waals surface area contributed by atoms with Gasteiger partial charge in [0.05, 0.1) is 5.75 Å². The first kappa shape index (κ1) is 16.5. The number of benzene rings is 2. The molecule has 0 aliphatic heterocycles. The minimum atomic E-state index is 0.466. The Morgan fingerprint density at radius 2 is 1.88 bits per heavy atom. The van der Waals surface area contributed by atoms with E-state index >= 15 is 0 Å². The molecule has 0 radical (unpaired) electrons. The van der Waals surface area contributed by atoms with Crippen molar-refractivity contribution in [3.05, 3.63) is 65.5 Å². The predicted molar refractivity (Wildman–Crippen MR) is 98.5 cm³/mol. The lowest BCUT2D eigenvalue weighted by molar-refractivity contribution is 0.391. The number of aryl methyl sites for hydroxylation is 2. The van der Waals surface area contributed by atoms with Crippen molar-refractivity contribution < 1.29 is 8.94 Å². The highest BCUT2D eigenvalue weighted by Crippen LogP contribution is 2.27. The molecule has 0 atom stereocenters. The van der Waals surface area contributed by atoms with Gasteiger partial charge in [0.2, 0.25) is 17.6 Å². The van der Waals surface area contributed by atoms with Crippen LogP contribution in [0.15, 0.2) is 62.7 Å². The summed E-state index contributed by atoms with van der Waals surface area (Å²) in [5.74, 6) is 2.07. The largest absolute Gasteiger partial charge is 0.411 e. The first-order valence-corrected chi connectivity index (χ1v) is 9.09. The van der Waals surface area contributed by atoms with Gasteiger partial charge in [0.15, 0.2) is 0 Å². The Morgan fingerprint density at radius 3 is 2.73 bits per heavy atom. The second-order valence-electron chi connectivity index (χ2n) is 5.86. The third kappa shape index (κ3) is 3.52.